The number of rotatable bonds is 3. The lowest BCUT2D eigenvalue weighted by Gasteiger charge is -2.28. The Kier molecular flexibility index (Phi) is 6.53. The molecule has 0 saturated carbocycles. The van der Waals surface area contributed by atoms with Crippen molar-refractivity contribution in [2.24, 2.45) is 0 Å². The molecule has 0 heterocycles. The van der Waals surface area contributed by atoms with Gasteiger partial charge < -0.3 is 14.8 Å². The molecule has 1 amide bonds. The molecule has 20 heavy (non-hydrogen) atoms. The largest absolute Gasteiger partial charge is 0.442 e. The minimum Gasteiger partial charge on any atom is -0.442 e. The maximum Gasteiger partial charge on any atom is 0.407 e. The smallest absolute Gasteiger partial charge is 0.407 e. The van der Waals surface area contributed by atoms with Crippen LogP contribution in [0.4, 0.5) is 4.79 Å². The van der Waals surface area contributed by atoms with Gasteiger partial charge in [0.05, 0.1) is 11.7 Å². The molecule has 0 aromatic rings. The van der Waals surface area contributed by atoms with Crippen molar-refractivity contribution in [2.45, 2.75) is 84.2 Å². The molecule has 0 radical (unpaired) electrons. The molecular formula is C16H29NO3. The molecule has 0 aliphatic heterocycles. The van der Waals surface area contributed by atoms with Crippen molar-refractivity contribution in [3.05, 3.63) is 12.2 Å². The summed E-state index contributed by atoms with van der Waals surface area (Å²) in [5.74, 6) is 0. The SMILES string of the molecule is CC(C)NC(=O)OC1/C=C/CC(OC(C)(C)C)CCC1. The Morgan fingerprint density at radius 2 is 2.00 bits per heavy atom. The van der Waals surface area contributed by atoms with Crippen molar-refractivity contribution in [1.29, 1.82) is 0 Å². The third kappa shape index (κ3) is 7.53. The molecular weight excluding hydrogens is 254 g/mol. The van der Waals surface area contributed by atoms with Crippen LogP contribution in [0.1, 0.15) is 60.3 Å². The first-order valence-corrected chi connectivity index (χ1v) is 7.58. The number of carbonyl (C=O) groups excluding carboxylic acids is 1. The van der Waals surface area contributed by atoms with Gasteiger partial charge in [-0.1, -0.05) is 6.08 Å². The molecule has 0 saturated heterocycles. The van der Waals surface area contributed by atoms with Crippen molar-refractivity contribution in [3.8, 4) is 0 Å². The third-order valence-electron chi connectivity index (χ3n) is 2.95. The Bertz CT molecular complexity index is 331. The fourth-order valence-electron chi connectivity index (χ4n) is 2.26. The summed E-state index contributed by atoms with van der Waals surface area (Å²) in [6.45, 7) is 10.1. The first-order chi connectivity index (χ1) is 9.26. The summed E-state index contributed by atoms with van der Waals surface area (Å²) in [6.07, 6.45) is 7.60. The van der Waals surface area contributed by atoms with Crippen LogP contribution in [0.2, 0.25) is 0 Å². The van der Waals surface area contributed by atoms with Gasteiger partial charge in [0, 0.05) is 6.04 Å². The number of ether oxygens (including phenoxy) is 2. The maximum absolute atomic E-state index is 11.6. The highest BCUT2D eigenvalue weighted by Gasteiger charge is 2.21. The van der Waals surface area contributed by atoms with Gasteiger partial charge in [0.1, 0.15) is 6.10 Å². The predicted molar refractivity (Wildman–Crippen MR) is 80.8 cm³/mol. The summed E-state index contributed by atoms with van der Waals surface area (Å²) < 4.78 is 11.4. The van der Waals surface area contributed by atoms with E-state index in [1.807, 2.05) is 19.9 Å². The summed E-state index contributed by atoms with van der Waals surface area (Å²) in [5.41, 5.74) is -0.106. The molecule has 1 rings (SSSR count). The van der Waals surface area contributed by atoms with Gasteiger partial charge >= 0.3 is 6.09 Å². The van der Waals surface area contributed by atoms with Crippen LogP contribution in [-0.2, 0) is 9.47 Å². The molecule has 0 aromatic heterocycles. The van der Waals surface area contributed by atoms with Gasteiger partial charge in [-0.3, -0.25) is 0 Å². The molecule has 1 N–H and O–H groups in total. The highest BCUT2D eigenvalue weighted by Crippen LogP contribution is 2.21. The average Bonchev–Trinajstić information content (AvgIpc) is 2.21. The third-order valence-corrected chi connectivity index (χ3v) is 2.95. The molecule has 0 fully saturated rings. The first kappa shape index (κ1) is 17.0. The van der Waals surface area contributed by atoms with E-state index in [2.05, 4.69) is 32.2 Å². The second-order valence-corrected chi connectivity index (χ2v) is 6.69. The van der Waals surface area contributed by atoms with Crippen LogP contribution in [0.5, 0.6) is 0 Å². The van der Waals surface area contributed by atoms with Gasteiger partial charge in [-0.15, -0.1) is 0 Å². The molecule has 116 valence electrons. The first-order valence-electron chi connectivity index (χ1n) is 7.58. The van der Waals surface area contributed by atoms with E-state index in [1.165, 1.54) is 0 Å². The molecule has 0 bridgehead atoms. The van der Waals surface area contributed by atoms with E-state index in [0.29, 0.717) is 0 Å². The zero-order valence-electron chi connectivity index (χ0n) is 13.4. The highest BCUT2D eigenvalue weighted by atomic mass is 16.6. The van der Waals surface area contributed by atoms with E-state index in [-0.39, 0.29) is 29.9 Å². The summed E-state index contributed by atoms with van der Waals surface area (Å²) in [4.78, 5) is 11.6. The van der Waals surface area contributed by atoms with Gasteiger partial charge in [-0.05, 0) is 66.4 Å². The van der Waals surface area contributed by atoms with E-state index in [4.69, 9.17) is 9.47 Å². The summed E-state index contributed by atoms with van der Waals surface area (Å²) in [6, 6.07) is 0.101. The standard InChI is InChI=1S/C16H29NO3/c1-12(2)17-15(18)19-13-8-6-10-14(11-7-9-13)20-16(3,4)5/h6,8,12-14H,7,9-11H2,1-5H3,(H,17,18)/b8-6+. The average molecular weight is 283 g/mol. The molecule has 2 unspecified atom stereocenters. The van der Waals surface area contributed by atoms with Crippen LogP contribution in [0, 0.1) is 0 Å². The van der Waals surface area contributed by atoms with Crippen LogP contribution in [0.15, 0.2) is 12.2 Å². The lowest BCUT2D eigenvalue weighted by molar-refractivity contribution is -0.0633. The van der Waals surface area contributed by atoms with E-state index < -0.39 is 0 Å². The second kappa shape index (κ2) is 7.67. The fraction of sp³-hybridized carbons (Fsp3) is 0.812. The van der Waals surface area contributed by atoms with Gasteiger partial charge in [-0.2, -0.15) is 0 Å². The van der Waals surface area contributed by atoms with E-state index in [9.17, 15) is 4.79 Å². The van der Waals surface area contributed by atoms with E-state index >= 15 is 0 Å². The van der Waals surface area contributed by atoms with Crippen molar-refractivity contribution in [2.75, 3.05) is 0 Å². The molecule has 2 atom stereocenters. The van der Waals surface area contributed by atoms with Gasteiger partial charge in [0.25, 0.3) is 0 Å². The van der Waals surface area contributed by atoms with Crippen molar-refractivity contribution >= 4 is 6.09 Å². The summed E-state index contributed by atoms with van der Waals surface area (Å²) in [5, 5.41) is 2.75. The quantitative estimate of drug-likeness (QED) is 0.801. The topological polar surface area (TPSA) is 47.6 Å². The maximum atomic E-state index is 11.6. The zero-order valence-corrected chi connectivity index (χ0v) is 13.4. The summed E-state index contributed by atoms with van der Waals surface area (Å²) in [7, 11) is 0. The van der Waals surface area contributed by atoms with Crippen LogP contribution >= 0.6 is 0 Å². The van der Waals surface area contributed by atoms with Crippen molar-refractivity contribution in [1.82, 2.24) is 5.32 Å². The number of hydrogen-bond acceptors (Lipinski definition) is 3. The predicted octanol–water partition coefficient (Wildman–Crippen LogP) is 3.80. The highest BCUT2D eigenvalue weighted by molar-refractivity contribution is 5.67. The Hall–Kier alpha value is -1.03. The van der Waals surface area contributed by atoms with Crippen molar-refractivity contribution < 1.29 is 14.3 Å². The number of carbonyl (C=O) groups is 1. The van der Waals surface area contributed by atoms with Gasteiger partial charge in [0.2, 0.25) is 0 Å². The Labute approximate surface area is 122 Å². The zero-order chi connectivity index (χ0) is 15.2. The van der Waals surface area contributed by atoms with Gasteiger partial charge in [0.15, 0.2) is 0 Å². The Balaban J connectivity index is 2.43. The lowest BCUT2D eigenvalue weighted by atomic mass is 10.0. The monoisotopic (exact) mass is 283 g/mol. The van der Waals surface area contributed by atoms with E-state index in [1.54, 1.807) is 0 Å². The number of alkyl carbamates (subject to hydrolysis) is 1. The van der Waals surface area contributed by atoms with E-state index in [0.717, 1.165) is 25.7 Å². The van der Waals surface area contributed by atoms with Crippen LogP contribution in [0.25, 0.3) is 0 Å². The molecule has 4 heteroatoms. The normalized spacial score (nSPS) is 25.7. The molecule has 0 aromatic carbocycles. The molecule has 4 nitrogen and oxygen atoms in total. The molecule has 1 aliphatic rings. The minimum atomic E-state index is -0.335. The second-order valence-electron chi connectivity index (χ2n) is 6.69. The van der Waals surface area contributed by atoms with Crippen LogP contribution < -0.4 is 5.32 Å². The molecule has 0 spiro atoms. The number of amides is 1. The van der Waals surface area contributed by atoms with Gasteiger partial charge in [-0.25, -0.2) is 4.79 Å². The lowest BCUT2D eigenvalue weighted by Crippen LogP contribution is -2.34. The number of hydrogen-bond donors (Lipinski definition) is 1. The number of nitrogens with one attached hydrogen (secondary N) is 1. The minimum absolute atomic E-state index is 0.101. The molecule has 1 aliphatic carbocycles. The summed E-state index contributed by atoms with van der Waals surface area (Å²) >= 11 is 0. The Morgan fingerprint density at radius 1 is 1.30 bits per heavy atom. The fourth-order valence-corrected chi connectivity index (χ4v) is 2.26. The van der Waals surface area contributed by atoms with Crippen LogP contribution in [0.3, 0.4) is 0 Å². The Morgan fingerprint density at radius 3 is 2.60 bits per heavy atom. The van der Waals surface area contributed by atoms with Crippen molar-refractivity contribution in [3.63, 3.8) is 0 Å². The van der Waals surface area contributed by atoms with Crippen LogP contribution in [-0.4, -0.2) is 29.9 Å².